The second kappa shape index (κ2) is 8.77. The zero-order valence-corrected chi connectivity index (χ0v) is 15.8. The molecule has 6 nitrogen and oxygen atoms in total. The highest BCUT2D eigenvalue weighted by Crippen LogP contribution is 2.13. The maximum Gasteiger partial charge on any atom is 0.242 e. The van der Waals surface area contributed by atoms with E-state index in [1.165, 1.54) is 30.5 Å². The number of benzene rings is 2. The molecular weight excluding hydrogens is 355 g/mol. The molecule has 0 spiro atoms. The lowest BCUT2D eigenvalue weighted by atomic mass is 10.2. The van der Waals surface area contributed by atoms with Crippen molar-refractivity contribution in [1.29, 1.82) is 0 Å². The van der Waals surface area contributed by atoms with E-state index in [0.29, 0.717) is 19.0 Å². The number of hydrogen-bond donors (Lipinski definition) is 2. The van der Waals surface area contributed by atoms with Gasteiger partial charge in [0.15, 0.2) is 5.96 Å². The molecule has 0 aromatic heterocycles. The van der Waals surface area contributed by atoms with E-state index < -0.39 is 10.0 Å². The number of rotatable bonds is 6. The summed E-state index contributed by atoms with van der Waals surface area (Å²) in [6, 6.07) is 12.9. The summed E-state index contributed by atoms with van der Waals surface area (Å²) in [7, 11) is 1.24. The monoisotopic (exact) mass is 378 g/mol. The van der Waals surface area contributed by atoms with Crippen molar-refractivity contribution in [1.82, 2.24) is 14.9 Å². The van der Waals surface area contributed by atoms with Crippen LogP contribution in [0.4, 0.5) is 4.39 Å². The van der Waals surface area contributed by atoms with Gasteiger partial charge in [0.1, 0.15) is 5.82 Å². The minimum atomic E-state index is -3.42. The van der Waals surface area contributed by atoms with Crippen molar-refractivity contribution in [3.05, 3.63) is 65.5 Å². The third kappa shape index (κ3) is 5.27. The number of guanidine groups is 1. The molecule has 0 aliphatic heterocycles. The Morgan fingerprint density at radius 1 is 0.962 bits per heavy atom. The van der Waals surface area contributed by atoms with Crippen LogP contribution in [0.1, 0.15) is 11.1 Å². The van der Waals surface area contributed by atoms with Crippen molar-refractivity contribution >= 4 is 16.0 Å². The molecule has 0 unspecified atom stereocenters. The van der Waals surface area contributed by atoms with Gasteiger partial charge in [-0.25, -0.2) is 17.1 Å². The average molecular weight is 378 g/mol. The van der Waals surface area contributed by atoms with Gasteiger partial charge in [0, 0.05) is 34.2 Å². The summed E-state index contributed by atoms with van der Waals surface area (Å²) in [5.74, 6) is 0.329. The van der Waals surface area contributed by atoms with Crippen molar-refractivity contribution in [3.8, 4) is 0 Å². The number of halogens is 1. The molecule has 0 bridgehead atoms. The lowest BCUT2D eigenvalue weighted by molar-refractivity contribution is 0.520. The fraction of sp³-hybridized carbons (Fsp3) is 0.278. The van der Waals surface area contributed by atoms with Crippen molar-refractivity contribution in [3.63, 3.8) is 0 Å². The highest BCUT2D eigenvalue weighted by atomic mass is 32.2. The molecular formula is C18H23FN4O2S. The first-order valence-corrected chi connectivity index (χ1v) is 9.47. The molecule has 8 heteroatoms. The predicted octanol–water partition coefficient (Wildman–Crippen LogP) is 1.94. The Bertz CT molecular complexity index is 848. The van der Waals surface area contributed by atoms with E-state index in [4.69, 9.17) is 0 Å². The lowest BCUT2D eigenvalue weighted by Crippen LogP contribution is -2.36. The minimum Gasteiger partial charge on any atom is -0.352 e. The number of nitrogens with one attached hydrogen (secondary N) is 2. The van der Waals surface area contributed by atoms with Crippen LogP contribution in [-0.2, 0) is 23.1 Å². The van der Waals surface area contributed by atoms with Crippen LogP contribution < -0.4 is 10.6 Å². The van der Waals surface area contributed by atoms with E-state index in [2.05, 4.69) is 15.6 Å². The molecule has 140 valence electrons. The third-order valence-electron chi connectivity index (χ3n) is 3.76. The van der Waals surface area contributed by atoms with Gasteiger partial charge in [-0.05, 0) is 35.4 Å². The molecule has 0 fully saturated rings. The summed E-state index contributed by atoms with van der Waals surface area (Å²) in [4.78, 5) is 4.39. The van der Waals surface area contributed by atoms with Gasteiger partial charge >= 0.3 is 0 Å². The van der Waals surface area contributed by atoms with Crippen LogP contribution in [-0.4, -0.2) is 39.8 Å². The van der Waals surface area contributed by atoms with Crippen LogP contribution in [0, 0.1) is 5.82 Å². The van der Waals surface area contributed by atoms with Gasteiger partial charge in [-0.1, -0.05) is 24.3 Å². The maximum absolute atomic E-state index is 12.9. The third-order valence-corrected chi connectivity index (χ3v) is 5.59. The summed E-state index contributed by atoms with van der Waals surface area (Å²) in [5, 5.41) is 6.29. The molecule has 2 rings (SSSR count). The first kappa shape index (κ1) is 19.9. The minimum absolute atomic E-state index is 0.255. The number of hydrogen-bond acceptors (Lipinski definition) is 3. The van der Waals surface area contributed by atoms with E-state index in [0.717, 1.165) is 11.1 Å². The smallest absolute Gasteiger partial charge is 0.242 e. The zero-order chi connectivity index (χ0) is 19.2. The van der Waals surface area contributed by atoms with Crippen molar-refractivity contribution in [2.75, 3.05) is 21.1 Å². The molecule has 0 aliphatic rings. The van der Waals surface area contributed by atoms with Gasteiger partial charge in [0.2, 0.25) is 10.0 Å². The van der Waals surface area contributed by atoms with Crippen molar-refractivity contribution in [2.24, 2.45) is 4.99 Å². The Kier molecular flexibility index (Phi) is 6.70. The van der Waals surface area contributed by atoms with Crippen molar-refractivity contribution in [2.45, 2.75) is 18.0 Å². The molecule has 2 aromatic rings. The van der Waals surface area contributed by atoms with Crippen LogP contribution in [0.5, 0.6) is 0 Å². The first-order valence-electron chi connectivity index (χ1n) is 8.03. The van der Waals surface area contributed by atoms with Gasteiger partial charge < -0.3 is 10.6 Å². The average Bonchev–Trinajstić information content (AvgIpc) is 2.63. The lowest BCUT2D eigenvalue weighted by Gasteiger charge is -2.13. The second-order valence-electron chi connectivity index (χ2n) is 5.84. The summed E-state index contributed by atoms with van der Waals surface area (Å²) in [6.45, 7) is 1.01. The summed E-state index contributed by atoms with van der Waals surface area (Å²) >= 11 is 0. The molecule has 0 saturated carbocycles. The molecule has 2 N–H and O–H groups in total. The molecule has 0 aliphatic carbocycles. The Morgan fingerprint density at radius 2 is 1.42 bits per heavy atom. The standard InChI is InChI=1S/C18H23FN4O2S/c1-20-18(21-12-14-4-8-16(19)9-5-14)22-13-15-6-10-17(11-7-15)26(24,25)23(2)3/h4-11H,12-13H2,1-3H3,(H2,20,21,22). The summed E-state index contributed by atoms with van der Waals surface area (Å²) in [6.07, 6.45) is 0. The van der Waals surface area contributed by atoms with Crippen molar-refractivity contribution < 1.29 is 12.8 Å². The predicted molar refractivity (Wildman–Crippen MR) is 101 cm³/mol. The van der Waals surface area contributed by atoms with Gasteiger partial charge in [0.25, 0.3) is 0 Å². The van der Waals surface area contributed by atoms with Gasteiger partial charge in [-0.3, -0.25) is 4.99 Å². The molecule has 0 atom stereocenters. The zero-order valence-electron chi connectivity index (χ0n) is 15.0. The van der Waals surface area contributed by atoms with Crippen LogP contribution in [0.25, 0.3) is 0 Å². The number of nitrogens with zero attached hydrogens (tertiary/aromatic N) is 2. The number of sulfonamides is 1. The Hall–Kier alpha value is -2.45. The highest BCUT2D eigenvalue weighted by molar-refractivity contribution is 7.89. The molecule has 0 amide bonds. The van der Waals surface area contributed by atoms with E-state index in [-0.39, 0.29) is 10.7 Å². The van der Waals surface area contributed by atoms with Crippen LogP contribution >= 0.6 is 0 Å². The first-order chi connectivity index (χ1) is 12.3. The van der Waals surface area contributed by atoms with E-state index in [1.54, 1.807) is 43.4 Å². The topological polar surface area (TPSA) is 73.8 Å². The normalized spacial score (nSPS) is 12.3. The second-order valence-corrected chi connectivity index (χ2v) is 7.99. The molecule has 0 saturated heterocycles. The van der Waals surface area contributed by atoms with Gasteiger partial charge in [-0.2, -0.15) is 0 Å². The fourth-order valence-corrected chi connectivity index (χ4v) is 3.09. The molecule has 0 radical (unpaired) electrons. The quantitative estimate of drug-likeness (QED) is 0.595. The van der Waals surface area contributed by atoms with Crippen LogP contribution in [0.2, 0.25) is 0 Å². The van der Waals surface area contributed by atoms with E-state index in [9.17, 15) is 12.8 Å². The molecule has 0 heterocycles. The SMILES string of the molecule is CN=C(NCc1ccc(F)cc1)NCc1ccc(S(=O)(=O)N(C)C)cc1. The van der Waals surface area contributed by atoms with Gasteiger partial charge in [-0.15, -0.1) is 0 Å². The fourth-order valence-electron chi connectivity index (χ4n) is 2.18. The highest BCUT2D eigenvalue weighted by Gasteiger charge is 2.16. The van der Waals surface area contributed by atoms with Crippen LogP contribution in [0.3, 0.4) is 0 Å². The Morgan fingerprint density at radius 3 is 1.85 bits per heavy atom. The van der Waals surface area contributed by atoms with Gasteiger partial charge in [0.05, 0.1) is 4.90 Å². The van der Waals surface area contributed by atoms with E-state index >= 15 is 0 Å². The molecule has 2 aromatic carbocycles. The Balaban J connectivity index is 1.91. The summed E-state index contributed by atoms with van der Waals surface area (Å²) < 4.78 is 38.2. The van der Waals surface area contributed by atoms with Crippen LogP contribution in [0.15, 0.2) is 58.4 Å². The van der Waals surface area contributed by atoms with E-state index in [1.807, 2.05) is 0 Å². The number of aliphatic imine (C=N–C) groups is 1. The largest absolute Gasteiger partial charge is 0.352 e. The Labute approximate surface area is 153 Å². The summed E-state index contributed by atoms with van der Waals surface area (Å²) in [5.41, 5.74) is 1.86. The molecule has 26 heavy (non-hydrogen) atoms. The maximum atomic E-state index is 12.9.